The highest BCUT2D eigenvalue weighted by Gasteiger charge is 2.34. The number of imidazole rings is 1. The summed E-state index contributed by atoms with van der Waals surface area (Å²) in [6.07, 6.45) is 0.891. The summed E-state index contributed by atoms with van der Waals surface area (Å²) in [6, 6.07) is 17.3. The van der Waals surface area contributed by atoms with Crippen molar-refractivity contribution in [1.82, 2.24) is 19.4 Å². The first-order chi connectivity index (χ1) is 15.6. The average Bonchev–Trinajstić information content (AvgIpc) is 3.15. The molecular weight excluding hydrogens is 406 g/mol. The molecule has 1 aromatic heterocycles. The Labute approximate surface area is 187 Å². The van der Waals surface area contributed by atoms with Crippen LogP contribution in [0.4, 0.5) is 0 Å². The summed E-state index contributed by atoms with van der Waals surface area (Å²) in [5, 5.41) is 0. The van der Waals surface area contributed by atoms with E-state index < -0.39 is 11.9 Å². The number of aromatic nitrogens is 2. The molecule has 4 rings (SSSR count). The van der Waals surface area contributed by atoms with E-state index >= 15 is 0 Å². The van der Waals surface area contributed by atoms with Crippen molar-refractivity contribution in [3.63, 3.8) is 0 Å². The zero-order valence-electron chi connectivity index (χ0n) is 18.3. The lowest BCUT2D eigenvalue weighted by molar-refractivity contribution is -0.143. The van der Waals surface area contributed by atoms with Crippen molar-refractivity contribution in [2.75, 3.05) is 33.3 Å². The van der Waals surface area contributed by atoms with Crippen molar-refractivity contribution in [2.45, 2.75) is 25.6 Å². The molecule has 1 saturated heterocycles. The minimum absolute atomic E-state index is 0.0903. The van der Waals surface area contributed by atoms with Gasteiger partial charge in [0.05, 0.1) is 11.0 Å². The number of nitrogens with zero attached hydrogens (tertiary/aromatic N) is 4. The highest BCUT2D eigenvalue weighted by atomic mass is 16.5. The number of ether oxygens (including phenoxy) is 1. The molecule has 0 bridgehead atoms. The highest BCUT2D eigenvalue weighted by Crippen LogP contribution is 2.19. The number of hydrogen-bond donors (Lipinski definition) is 1. The van der Waals surface area contributed by atoms with E-state index in [4.69, 9.17) is 10.5 Å². The van der Waals surface area contributed by atoms with Gasteiger partial charge >= 0.3 is 0 Å². The third-order valence-electron chi connectivity index (χ3n) is 5.97. The van der Waals surface area contributed by atoms with Gasteiger partial charge in [-0.2, -0.15) is 0 Å². The SMILES string of the molecule is COCc1nc2ccccc2n1CC(=O)N1CCN(CCc2ccccc2)CC1C(N)=O. The van der Waals surface area contributed by atoms with Crippen molar-refractivity contribution in [2.24, 2.45) is 5.73 Å². The van der Waals surface area contributed by atoms with E-state index in [1.165, 1.54) is 5.56 Å². The zero-order chi connectivity index (χ0) is 22.5. The number of benzene rings is 2. The van der Waals surface area contributed by atoms with Crippen LogP contribution in [0.1, 0.15) is 11.4 Å². The number of carbonyl (C=O) groups is 2. The molecule has 2 amide bonds. The molecule has 8 nitrogen and oxygen atoms in total. The maximum Gasteiger partial charge on any atom is 0.243 e. The number of hydrogen-bond acceptors (Lipinski definition) is 5. The second kappa shape index (κ2) is 9.93. The van der Waals surface area contributed by atoms with Crippen LogP contribution in [0.25, 0.3) is 11.0 Å². The molecule has 1 fully saturated rings. The third kappa shape index (κ3) is 4.81. The highest BCUT2D eigenvalue weighted by molar-refractivity contribution is 5.88. The first-order valence-electron chi connectivity index (χ1n) is 10.8. The van der Waals surface area contributed by atoms with Crippen LogP contribution >= 0.6 is 0 Å². The fourth-order valence-corrected chi connectivity index (χ4v) is 4.28. The molecule has 0 saturated carbocycles. The summed E-state index contributed by atoms with van der Waals surface area (Å²) in [4.78, 5) is 33.9. The average molecular weight is 436 g/mol. The fraction of sp³-hybridized carbons (Fsp3) is 0.375. The smallest absolute Gasteiger partial charge is 0.243 e. The Kier molecular flexibility index (Phi) is 6.82. The summed E-state index contributed by atoms with van der Waals surface area (Å²) in [6.45, 7) is 2.83. The van der Waals surface area contributed by atoms with E-state index in [-0.39, 0.29) is 12.5 Å². The normalized spacial score (nSPS) is 17.0. The molecule has 32 heavy (non-hydrogen) atoms. The van der Waals surface area contributed by atoms with E-state index in [9.17, 15) is 9.59 Å². The first kappa shape index (κ1) is 22.0. The number of piperazine rings is 1. The Morgan fingerprint density at radius 3 is 2.59 bits per heavy atom. The number of carbonyl (C=O) groups excluding carboxylic acids is 2. The number of rotatable bonds is 8. The molecule has 2 aromatic carbocycles. The van der Waals surface area contributed by atoms with Crippen LogP contribution in [0, 0.1) is 0 Å². The molecule has 3 aromatic rings. The van der Waals surface area contributed by atoms with Crippen molar-refractivity contribution in [1.29, 1.82) is 0 Å². The fourth-order valence-electron chi connectivity index (χ4n) is 4.28. The van der Waals surface area contributed by atoms with Gasteiger partial charge in [0.15, 0.2) is 0 Å². The summed E-state index contributed by atoms with van der Waals surface area (Å²) >= 11 is 0. The minimum atomic E-state index is -0.646. The minimum Gasteiger partial charge on any atom is -0.377 e. The second-order valence-electron chi connectivity index (χ2n) is 8.08. The van der Waals surface area contributed by atoms with Crippen molar-refractivity contribution in [3.05, 3.63) is 66.0 Å². The predicted molar refractivity (Wildman–Crippen MR) is 122 cm³/mol. The number of primary amides is 1. The quantitative estimate of drug-likeness (QED) is 0.578. The van der Waals surface area contributed by atoms with Crippen LogP contribution in [0.5, 0.6) is 0 Å². The van der Waals surface area contributed by atoms with Crippen molar-refractivity contribution < 1.29 is 14.3 Å². The molecule has 1 aliphatic heterocycles. The Balaban J connectivity index is 1.46. The molecule has 168 valence electrons. The van der Waals surface area contributed by atoms with Gasteiger partial charge in [0.1, 0.15) is 25.0 Å². The van der Waals surface area contributed by atoms with Gasteiger partial charge in [-0.1, -0.05) is 42.5 Å². The van der Waals surface area contributed by atoms with E-state index in [1.54, 1.807) is 12.0 Å². The maximum absolute atomic E-state index is 13.3. The van der Waals surface area contributed by atoms with Crippen molar-refractivity contribution in [3.8, 4) is 0 Å². The summed E-state index contributed by atoms with van der Waals surface area (Å²) < 4.78 is 7.14. The van der Waals surface area contributed by atoms with Crippen LogP contribution < -0.4 is 5.73 Å². The molecule has 2 heterocycles. The molecule has 1 atom stereocenters. The van der Waals surface area contributed by atoms with E-state index in [2.05, 4.69) is 22.0 Å². The molecule has 1 unspecified atom stereocenters. The standard InChI is InChI=1S/C24H29N5O3/c1-32-17-22-26-19-9-5-6-10-20(19)29(22)16-23(30)28-14-13-27(15-21(28)24(25)31)12-11-18-7-3-2-4-8-18/h2-10,21H,11-17H2,1H3,(H2,25,31). The lowest BCUT2D eigenvalue weighted by atomic mass is 10.1. The topological polar surface area (TPSA) is 93.7 Å². The van der Waals surface area contributed by atoms with Crippen LogP contribution in [0.15, 0.2) is 54.6 Å². The molecule has 0 spiro atoms. The van der Waals surface area contributed by atoms with Crippen LogP contribution in [0.2, 0.25) is 0 Å². The molecule has 0 aliphatic carbocycles. The zero-order valence-corrected chi connectivity index (χ0v) is 18.3. The number of fused-ring (bicyclic) bond motifs is 1. The Morgan fingerprint density at radius 2 is 1.84 bits per heavy atom. The van der Waals surface area contributed by atoms with E-state index in [0.29, 0.717) is 32.1 Å². The second-order valence-corrected chi connectivity index (χ2v) is 8.08. The molecule has 2 N–H and O–H groups in total. The van der Waals surface area contributed by atoms with Crippen molar-refractivity contribution >= 4 is 22.8 Å². The van der Waals surface area contributed by atoms with Gasteiger partial charge in [0.2, 0.25) is 11.8 Å². The monoisotopic (exact) mass is 435 g/mol. The third-order valence-corrected chi connectivity index (χ3v) is 5.97. The van der Waals surface area contributed by atoms with Crippen LogP contribution in [-0.4, -0.2) is 70.5 Å². The largest absolute Gasteiger partial charge is 0.377 e. The number of methoxy groups -OCH3 is 1. The van der Waals surface area contributed by atoms with Gasteiger partial charge < -0.3 is 19.9 Å². The van der Waals surface area contributed by atoms with Crippen LogP contribution in [-0.2, 0) is 33.9 Å². The lowest BCUT2D eigenvalue weighted by Gasteiger charge is -2.40. The van der Waals surface area contributed by atoms with Gasteiger partial charge in [-0.15, -0.1) is 0 Å². The van der Waals surface area contributed by atoms with Crippen LogP contribution in [0.3, 0.4) is 0 Å². The van der Waals surface area contributed by atoms with Gasteiger partial charge in [0, 0.05) is 33.3 Å². The van der Waals surface area contributed by atoms with E-state index in [1.807, 2.05) is 47.0 Å². The van der Waals surface area contributed by atoms with E-state index in [0.717, 1.165) is 24.0 Å². The summed E-state index contributed by atoms with van der Waals surface area (Å²) in [7, 11) is 1.60. The molecule has 0 radical (unpaired) electrons. The number of para-hydroxylation sites is 2. The Bertz CT molecular complexity index is 1080. The first-order valence-corrected chi connectivity index (χ1v) is 10.8. The molecule has 1 aliphatic rings. The maximum atomic E-state index is 13.3. The number of amides is 2. The Morgan fingerprint density at radius 1 is 1.09 bits per heavy atom. The Hall–Kier alpha value is -3.23. The molecular formula is C24H29N5O3. The summed E-state index contributed by atoms with van der Waals surface area (Å²) in [5.41, 5.74) is 8.63. The van der Waals surface area contributed by atoms with Gasteiger partial charge in [-0.05, 0) is 24.1 Å². The number of nitrogens with two attached hydrogens (primary N) is 1. The van der Waals surface area contributed by atoms with Gasteiger partial charge in [-0.25, -0.2) is 4.98 Å². The lowest BCUT2D eigenvalue weighted by Crippen LogP contribution is -2.60. The molecule has 8 heteroatoms. The van der Waals surface area contributed by atoms with Gasteiger partial charge in [-0.3, -0.25) is 14.5 Å². The summed E-state index contributed by atoms with van der Waals surface area (Å²) in [5.74, 6) is 0.0616. The predicted octanol–water partition coefficient (Wildman–Crippen LogP) is 1.42. The van der Waals surface area contributed by atoms with Gasteiger partial charge in [0.25, 0.3) is 0 Å².